The molecule has 9 rings (SSSR count). The Hall–Kier alpha value is -4.12. The summed E-state index contributed by atoms with van der Waals surface area (Å²) in [5.41, 5.74) is 6.09. The van der Waals surface area contributed by atoms with Crippen LogP contribution in [0.3, 0.4) is 0 Å². The van der Waals surface area contributed by atoms with Crippen molar-refractivity contribution in [2.75, 3.05) is 0 Å². The lowest BCUT2D eigenvalue weighted by molar-refractivity contribution is 0.490. The third-order valence-corrected chi connectivity index (χ3v) is 9.54. The standard InChI is InChI=1S/C32H16O2S2/c1-2-6-17(7-3-1)18-10-11-20-26(16-18)35-31-22-13-15-24-28-21(12-14-23(29(22)28)33-30(20)31)27-19-8-4-5-9-25(19)36-32(27)34-24/h1-16H. The number of ether oxygens (including phenoxy) is 2. The van der Waals surface area contributed by atoms with Crippen molar-refractivity contribution in [1.82, 2.24) is 0 Å². The van der Waals surface area contributed by atoms with E-state index in [9.17, 15) is 0 Å². The van der Waals surface area contributed by atoms with Gasteiger partial charge >= 0.3 is 0 Å². The van der Waals surface area contributed by atoms with Gasteiger partial charge in [0, 0.05) is 42.1 Å². The molecule has 168 valence electrons. The van der Waals surface area contributed by atoms with Crippen LogP contribution in [0.1, 0.15) is 0 Å². The molecule has 0 aliphatic carbocycles. The van der Waals surface area contributed by atoms with Crippen LogP contribution in [0, 0.1) is 0 Å². The smallest absolute Gasteiger partial charge is 0.190 e. The highest BCUT2D eigenvalue weighted by atomic mass is 32.1. The lowest BCUT2D eigenvalue weighted by Crippen LogP contribution is -2.00. The summed E-state index contributed by atoms with van der Waals surface area (Å²) in [6.45, 7) is 0. The summed E-state index contributed by atoms with van der Waals surface area (Å²) in [6, 6.07) is 34.5. The van der Waals surface area contributed by atoms with E-state index in [1.54, 1.807) is 11.3 Å². The molecule has 0 amide bonds. The van der Waals surface area contributed by atoms with Gasteiger partial charge in [0.05, 0.1) is 4.88 Å². The summed E-state index contributed by atoms with van der Waals surface area (Å²) in [4.78, 5) is 1.19. The van der Waals surface area contributed by atoms with E-state index in [1.165, 1.54) is 47.5 Å². The van der Waals surface area contributed by atoms with Crippen molar-refractivity contribution in [3.63, 3.8) is 0 Å². The molecular weight excluding hydrogens is 480 g/mol. The first-order valence-electron chi connectivity index (χ1n) is 11.9. The Morgan fingerprint density at radius 1 is 0.528 bits per heavy atom. The molecule has 0 saturated carbocycles. The van der Waals surface area contributed by atoms with Gasteiger partial charge in [-0.2, -0.15) is 0 Å². The van der Waals surface area contributed by atoms with Gasteiger partial charge in [-0.05, 0) is 59.2 Å². The van der Waals surface area contributed by atoms with E-state index >= 15 is 0 Å². The molecule has 2 aliphatic heterocycles. The maximum atomic E-state index is 6.64. The summed E-state index contributed by atoms with van der Waals surface area (Å²) in [5.74, 6) is 2.77. The number of thiophene rings is 2. The van der Waals surface area contributed by atoms with Gasteiger partial charge in [-0.3, -0.25) is 0 Å². The molecule has 0 spiro atoms. The van der Waals surface area contributed by atoms with Gasteiger partial charge in [0.2, 0.25) is 0 Å². The van der Waals surface area contributed by atoms with Gasteiger partial charge < -0.3 is 9.47 Å². The minimum absolute atomic E-state index is 0.900. The summed E-state index contributed by atoms with van der Waals surface area (Å²) in [6.07, 6.45) is 0. The number of benzene rings is 5. The Labute approximate surface area is 214 Å². The third-order valence-electron chi connectivity index (χ3n) is 7.33. The zero-order chi connectivity index (χ0) is 23.4. The van der Waals surface area contributed by atoms with Gasteiger partial charge in [-0.1, -0.05) is 65.9 Å². The third kappa shape index (κ3) is 2.40. The van der Waals surface area contributed by atoms with Crippen LogP contribution in [0.4, 0.5) is 0 Å². The molecule has 4 heteroatoms. The monoisotopic (exact) mass is 496 g/mol. The molecule has 0 bridgehead atoms. The lowest BCUT2D eigenvalue weighted by atomic mass is 9.91. The lowest BCUT2D eigenvalue weighted by Gasteiger charge is -2.24. The Kier molecular flexibility index (Phi) is 3.59. The maximum Gasteiger partial charge on any atom is 0.190 e. The number of hydrogen-bond donors (Lipinski definition) is 0. The first kappa shape index (κ1) is 19.1. The second-order valence-electron chi connectivity index (χ2n) is 9.27. The summed E-state index contributed by atoms with van der Waals surface area (Å²) < 4.78 is 15.6. The molecule has 0 N–H and O–H groups in total. The quantitative estimate of drug-likeness (QED) is 0.225. The van der Waals surface area contributed by atoms with Gasteiger partial charge in [0.1, 0.15) is 11.5 Å². The first-order chi connectivity index (χ1) is 17.8. The molecule has 0 saturated heterocycles. The second kappa shape index (κ2) is 6.76. The highest BCUT2D eigenvalue weighted by molar-refractivity contribution is 7.23. The van der Waals surface area contributed by atoms with Crippen LogP contribution >= 0.6 is 22.7 Å². The average molecular weight is 497 g/mol. The van der Waals surface area contributed by atoms with E-state index in [0.717, 1.165) is 38.5 Å². The van der Waals surface area contributed by atoms with Crippen molar-refractivity contribution in [2.24, 2.45) is 0 Å². The SMILES string of the molecule is c1ccc(-c2ccc3c4c(sc3c2)-c2ccc3c5c(ccc(c25)O4)-c2c(sc4ccccc24)O3)cc1. The Bertz CT molecular complexity index is 2050. The van der Waals surface area contributed by atoms with Crippen LogP contribution in [-0.2, 0) is 0 Å². The zero-order valence-corrected chi connectivity index (χ0v) is 20.5. The van der Waals surface area contributed by atoms with E-state index in [1.807, 2.05) is 11.3 Å². The molecule has 2 nitrogen and oxygen atoms in total. The van der Waals surface area contributed by atoms with Crippen LogP contribution in [-0.4, -0.2) is 0 Å². The molecule has 7 aromatic rings. The Morgan fingerprint density at radius 2 is 1.31 bits per heavy atom. The molecule has 0 radical (unpaired) electrons. The molecule has 0 atom stereocenters. The molecule has 5 aromatic carbocycles. The van der Waals surface area contributed by atoms with Crippen molar-refractivity contribution in [2.45, 2.75) is 0 Å². The number of rotatable bonds is 1. The first-order valence-corrected chi connectivity index (χ1v) is 13.6. The van der Waals surface area contributed by atoms with Crippen LogP contribution in [0.5, 0.6) is 22.3 Å². The molecule has 0 fully saturated rings. The van der Waals surface area contributed by atoms with E-state index in [-0.39, 0.29) is 0 Å². The summed E-state index contributed by atoms with van der Waals surface area (Å²) in [5, 5.41) is 5.68. The van der Waals surface area contributed by atoms with Crippen molar-refractivity contribution >= 4 is 53.6 Å². The van der Waals surface area contributed by atoms with Crippen molar-refractivity contribution in [1.29, 1.82) is 0 Å². The van der Waals surface area contributed by atoms with Gasteiger partial charge in [0.25, 0.3) is 0 Å². The fourth-order valence-electron chi connectivity index (χ4n) is 5.72. The zero-order valence-electron chi connectivity index (χ0n) is 18.9. The van der Waals surface area contributed by atoms with E-state index < -0.39 is 0 Å². The van der Waals surface area contributed by atoms with Crippen LogP contribution in [0.15, 0.2) is 97.1 Å². The van der Waals surface area contributed by atoms with Crippen LogP contribution < -0.4 is 9.47 Å². The predicted octanol–water partition coefficient (Wildman–Crippen LogP) is 10.5. The van der Waals surface area contributed by atoms with Crippen molar-refractivity contribution < 1.29 is 9.47 Å². The summed E-state index contributed by atoms with van der Waals surface area (Å²) in [7, 11) is 0. The Balaban J connectivity index is 1.31. The van der Waals surface area contributed by atoms with Crippen molar-refractivity contribution in [3.8, 4) is 55.0 Å². The largest absolute Gasteiger partial charge is 0.454 e. The average Bonchev–Trinajstić information content (AvgIpc) is 3.49. The normalized spacial score (nSPS) is 12.9. The fourth-order valence-corrected chi connectivity index (χ4v) is 8.00. The minimum atomic E-state index is 0.900. The van der Waals surface area contributed by atoms with E-state index in [0.29, 0.717) is 0 Å². The van der Waals surface area contributed by atoms with Crippen LogP contribution in [0.25, 0.3) is 63.6 Å². The molecule has 2 aromatic heterocycles. The van der Waals surface area contributed by atoms with Gasteiger partial charge in [-0.15, -0.1) is 11.3 Å². The van der Waals surface area contributed by atoms with Crippen molar-refractivity contribution in [3.05, 3.63) is 97.1 Å². The topological polar surface area (TPSA) is 18.5 Å². The molecule has 4 heterocycles. The number of hydrogen-bond acceptors (Lipinski definition) is 4. The molecule has 0 unspecified atom stereocenters. The fraction of sp³-hybridized carbons (Fsp3) is 0. The molecular formula is C32H16O2S2. The van der Waals surface area contributed by atoms with Gasteiger partial charge in [-0.25, -0.2) is 0 Å². The van der Waals surface area contributed by atoms with Gasteiger partial charge in [0.15, 0.2) is 10.8 Å². The highest BCUT2D eigenvalue weighted by Gasteiger charge is 2.31. The molecule has 36 heavy (non-hydrogen) atoms. The summed E-state index contributed by atoms with van der Waals surface area (Å²) >= 11 is 3.52. The predicted molar refractivity (Wildman–Crippen MR) is 151 cm³/mol. The second-order valence-corrected chi connectivity index (χ2v) is 11.3. The Morgan fingerprint density at radius 3 is 2.22 bits per heavy atom. The molecule has 2 aliphatic rings. The minimum Gasteiger partial charge on any atom is -0.454 e. The van der Waals surface area contributed by atoms with Crippen LogP contribution in [0.2, 0.25) is 0 Å². The maximum absolute atomic E-state index is 6.64. The van der Waals surface area contributed by atoms with E-state index in [2.05, 4.69) is 97.1 Å². The number of fused-ring (bicyclic) bond motifs is 8. The van der Waals surface area contributed by atoms with E-state index in [4.69, 9.17) is 9.47 Å². The highest BCUT2D eigenvalue weighted by Crippen LogP contribution is 2.60.